The van der Waals surface area contributed by atoms with E-state index < -0.39 is 5.97 Å². The highest BCUT2D eigenvalue weighted by atomic mass is 32.2. The Balaban J connectivity index is 1.62. The molecule has 3 rings (SSSR count). The lowest BCUT2D eigenvalue weighted by atomic mass is 9.85. The van der Waals surface area contributed by atoms with Crippen LogP contribution in [0, 0.1) is 5.92 Å². The van der Waals surface area contributed by atoms with Gasteiger partial charge < -0.3 is 4.84 Å². The summed E-state index contributed by atoms with van der Waals surface area (Å²) in [7, 11) is 0. The standard InChI is InChI=1S/C25H29NO3S/c1-19(27)29-26-24(14-8-11-20-9-4-2-5-10-20)25(28)21-15-17-23(18-16-21)30-22-12-6-3-7-13-22/h3,6-7,12-13,15-18,20H,2,4-5,8-11,14H2,1H3/b26-24+. The van der Waals surface area contributed by atoms with Crippen LogP contribution in [-0.2, 0) is 9.63 Å². The van der Waals surface area contributed by atoms with E-state index in [9.17, 15) is 9.59 Å². The number of Topliss-reactive ketones (excluding diaryl/α,β-unsaturated/α-hetero) is 1. The molecule has 5 heteroatoms. The summed E-state index contributed by atoms with van der Waals surface area (Å²) in [5.41, 5.74) is 0.889. The average molecular weight is 424 g/mol. The first-order valence-corrected chi connectivity index (χ1v) is 11.6. The van der Waals surface area contributed by atoms with Gasteiger partial charge in [0, 0.05) is 22.3 Å². The Morgan fingerprint density at radius 3 is 2.30 bits per heavy atom. The summed E-state index contributed by atoms with van der Waals surface area (Å²) in [6.45, 7) is 1.29. The number of carbonyl (C=O) groups excluding carboxylic acids is 2. The molecular formula is C25H29NO3S. The van der Waals surface area contributed by atoms with Crippen molar-refractivity contribution in [2.24, 2.45) is 11.1 Å². The van der Waals surface area contributed by atoms with Crippen molar-refractivity contribution in [1.82, 2.24) is 0 Å². The minimum absolute atomic E-state index is 0.170. The van der Waals surface area contributed by atoms with Gasteiger partial charge in [-0.05, 0) is 55.2 Å². The quantitative estimate of drug-likeness (QED) is 0.195. The highest BCUT2D eigenvalue weighted by molar-refractivity contribution is 7.99. The molecular weight excluding hydrogens is 394 g/mol. The molecule has 0 saturated heterocycles. The molecule has 0 spiro atoms. The minimum Gasteiger partial charge on any atom is -0.318 e. The maximum Gasteiger partial charge on any atom is 0.331 e. The normalized spacial score (nSPS) is 15.0. The molecule has 4 nitrogen and oxygen atoms in total. The Bertz CT molecular complexity index is 856. The first kappa shape index (κ1) is 22.3. The van der Waals surface area contributed by atoms with Crippen molar-refractivity contribution in [3.63, 3.8) is 0 Å². The Hall–Kier alpha value is -2.40. The molecule has 0 amide bonds. The van der Waals surface area contributed by atoms with Crippen LogP contribution in [0.5, 0.6) is 0 Å². The molecule has 0 radical (unpaired) electrons. The zero-order valence-corrected chi connectivity index (χ0v) is 18.3. The van der Waals surface area contributed by atoms with Crippen LogP contribution in [0.1, 0.15) is 68.6 Å². The molecule has 2 aromatic carbocycles. The first-order valence-electron chi connectivity index (χ1n) is 10.7. The number of oxime groups is 1. The van der Waals surface area contributed by atoms with Gasteiger partial charge in [-0.3, -0.25) is 4.79 Å². The van der Waals surface area contributed by atoms with Gasteiger partial charge in [0.2, 0.25) is 5.78 Å². The predicted octanol–water partition coefficient (Wildman–Crippen LogP) is 6.69. The van der Waals surface area contributed by atoms with Crippen molar-refractivity contribution in [3.05, 3.63) is 60.2 Å². The van der Waals surface area contributed by atoms with E-state index in [1.54, 1.807) is 11.8 Å². The Morgan fingerprint density at radius 2 is 1.63 bits per heavy atom. The average Bonchev–Trinajstić information content (AvgIpc) is 2.77. The Labute approximate surface area is 183 Å². The Morgan fingerprint density at radius 1 is 0.967 bits per heavy atom. The van der Waals surface area contributed by atoms with E-state index >= 15 is 0 Å². The van der Waals surface area contributed by atoms with E-state index in [0.717, 1.165) is 28.6 Å². The summed E-state index contributed by atoms with van der Waals surface area (Å²) >= 11 is 1.65. The van der Waals surface area contributed by atoms with Gasteiger partial charge in [0.25, 0.3) is 0 Å². The van der Waals surface area contributed by atoms with E-state index in [4.69, 9.17) is 4.84 Å². The first-order chi connectivity index (χ1) is 14.6. The van der Waals surface area contributed by atoms with Crippen LogP contribution >= 0.6 is 11.8 Å². The molecule has 1 aliphatic rings. The molecule has 158 valence electrons. The molecule has 30 heavy (non-hydrogen) atoms. The molecule has 1 aliphatic carbocycles. The van der Waals surface area contributed by atoms with Gasteiger partial charge in [0.15, 0.2) is 0 Å². The van der Waals surface area contributed by atoms with Gasteiger partial charge >= 0.3 is 5.97 Å². The summed E-state index contributed by atoms with van der Waals surface area (Å²) in [5.74, 6) is 0.0662. The number of rotatable bonds is 9. The summed E-state index contributed by atoms with van der Waals surface area (Å²) in [6, 6.07) is 17.6. The minimum atomic E-state index is -0.512. The lowest BCUT2D eigenvalue weighted by Crippen LogP contribution is -2.16. The van der Waals surface area contributed by atoms with Crippen molar-refractivity contribution in [2.45, 2.75) is 68.1 Å². The van der Waals surface area contributed by atoms with Crippen LogP contribution in [0.3, 0.4) is 0 Å². The molecule has 1 saturated carbocycles. The topological polar surface area (TPSA) is 55.7 Å². The van der Waals surface area contributed by atoms with Crippen molar-refractivity contribution >= 4 is 29.2 Å². The third kappa shape index (κ3) is 7.13. The number of hydrogen-bond acceptors (Lipinski definition) is 5. The van der Waals surface area contributed by atoms with Crippen LogP contribution in [-0.4, -0.2) is 17.5 Å². The summed E-state index contributed by atoms with van der Waals surface area (Å²) in [4.78, 5) is 31.2. The van der Waals surface area contributed by atoms with E-state index in [-0.39, 0.29) is 5.78 Å². The molecule has 2 aromatic rings. The van der Waals surface area contributed by atoms with E-state index in [1.165, 1.54) is 39.0 Å². The molecule has 0 bridgehead atoms. The largest absolute Gasteiger partial charge is 0.331 e. The number of ketones is 1. The molecule has 0 unspecified atom stereocenters. The van der Waals surface area contributed by atoms with Crippen molar-refractivity contribution in [3.8, 4) is 0 Å². The van der Waals surface area contributed by atoms with Gasteiger partial charge in [-0.1, -0.05) is 73.6 Å². The van der Waals surface area contributed by atoms with Gasteiger partial charge in [-0.15, -0.1) is 0 Å². The molecule has 1 fully saturated rings. The fourth-order valence-corrected chi connectivity index (χ4v) is 4.66. The van der Waals surface area contributed by atoms with E-state index in [0.29, 0.717) is 17.7 Å². The van der Waals surface area contributed by atoms with Crippen LogP contribution in [0.15, 0.2) is 69.5 Å². The smallest absolute Gasteiger partial charge is 0.318 e. The summed E-state index contributed by atoms with van der Waals surface area (Å²) < 4.78 is 0. The molecule has 0 aliphatic heterocycles. The monoisotopic (exact) mass is 423 g/mol. The highest BCUT2D eigenvalue weighted by Gasteiger charge is 2.18. The third-order valence-electron chi connectivity index (χ3n) is 5.39. The fourth-order valence-electron chi connectivity index (χ4n) is 3.82. The number of benzene rings is 2. The molecule has 0 heterocycles. The van der Waals surface area contributed by atoms with E-state index in [2.05, 4.69) is 17.3 Å². The second kappa shape index (κ2) is 11.7. The lowest BCUT2D eigenvalue weighted by Gasteiger charge is -2.21. The van der Waals surface area contributed by atoms with Crippen LogP contribution in [0.25, 0.3) is 0 Å². The molecule has 0 aromatic heterocycles. The van der Waals surface area contributed by atoms with Crippen LogP contribution in [0.2, 0.25) is 0 Å². The van der Waals surface area contributed by atoms with Gasteiger partial charge in [-0.2, -0.15) is 0 Å². The van der Waals surface area contributed by atoms with Crippen molar-refractivity contribution in [1.29, 1.82) is 0 Å². The van der Waals surface area contributed by atoms with Crippen LogP contribution in [0.4, 0.5) is 0 Å². The number of hydrogen-bond donors (Lipinski definition) is 0. The maximum absolute atomic E-state index is 13.0. The second-order valence-electron chi connectivity index (χ2n) is 7.79. The second-order valence-corrected chi connectivity index (χ2v) is 8.93. The zero-order valence-electron chi connectivity index (χ0n) is 17.5. The number of nitrogens with zero attached hydrogens (tertiary/aromatic N) is 1. The Kier molecular flexibility index (Phi) is 8.69. The SMILES string of the molecule is CC(=O)O/N=C(\CCCC1CCCCC1)C(=O)c1ccc(Sc2ccccc2)cc1. The molecule has 0 atom stereocenters. The summed E-state index contributed by atoms with van der Waals surface area (Å²) in [5, 5.41) is 3.88. The maximum atomic E-state index is 13.0. The van der Waals surface area contributed by atoms with E-state index in [1.807, 2.05) is 42.5 Å². The van der Waals surface area contributed by atoms with Gasteiger partial charge in [0.05, 0.1) is 0 Å². The predicted molar refractivity (Wildman–Crippen MR) is 121 cm³/mol. The van der Waals surface area contributed by atoms with Crippen molar-refractivity contribution < 1.29 is 14.4 Å². The number of carbonyl (C=O) groups is 2. The lowest BCUT2D eigenvalue weighted by molar-refractivity contribution is -0.140. The van der Waals surface area contributed by atoms with Gasteiger partial charge in [-0.25, -0.2) is 4.79 Å². The summed E-state index contributed by atoms with van der Waals surface area (Å²) in [6.07, 6.45) is 9.04. The van der Waals surface area contributed by atoms with Crippen LogP contribution < -0.4 is 0 Å². The molecule has 0 N–H and O–H groups in total. The fraction of sp³-hybridized carbons (Fsp3) is 0.400. The zero-order chi connectivity index (χ0) is 21.2. The highest BCUT2D eigenvalue weighted by Crippen LogP contribution is 2.29. The van der Waals surface area contributed by atoms with Gasteiger partial charge in [0.1, 0.15) is 5.71 Å². The van der Waals surface area contributed by atoms with Crippen molar-refractivity contribution in [2.75, 3.05) is 0 Å². The third-order valence-corrected chi connectivity index (χ3v) is 6.41.